The predicted octanol–water partition coefficient (Wildman–Crippen LogP) is 3.71. The fourth-order valence-corrected chi connectivity index (χ4v) is 3.30. The number of aryl methyl sites for hydroxylation is 1. The Labute approximate surface area is 133 Å². The van der Waals surface area contributed by atoms with Crippen molar-refractivity contribution in [2.75, 3.05) is 11.9 Å². The number of hydrogen-bond acceptors (Lipinski definition) is 5. The van der Waals surface area contributed by atoms with Crippen molar-refractivity contribution in [2.24, 2.45) is 0 Å². The van der Waals surface area contributed by atoms with Crippen LogP contribution in [0.4, 0.5) is 5.82 Å². The smallest absolute Gasteiger partial charge is 0.138 e. The number of aliphatic hydroxyl groups excluding tert-OH is 1. The van der Waals surface area contributed by atoms with Crippen LogP contribution in [0.2, 0.25) is 0 Å². The molecule has 2 heterocycles. The lowest BCUT2D eigenvalue weighted by Gasteiger charge is -2.10. The maximum absolute atomic E-state index is 9.48. The molecule has 3 rings (SSSR count). The summed E-state index contributed by atoms with van der Waals surface area (Å²) in [4.78, 5) is 9.65. The third kappa shape index (κ3) is 2.96. The predicted molar refractivity (Wildman–Crippen MR) is 92.4 cm³/mol. The lowest BCUT2D eigenvalue weighted by atomic mass is 10.0. The molecule has 1 atom stereocenters. The van der Waals surface area contributed by atoms with Crippen LogP contribution in [0.5, 0.6) is 0 Å². The first-order valence-corrected chi connectivity index (χ1v) is 8.30. The molecule has 0 fully saturated rings. The highest BCUT2D eigenvalue weighted by Gasteiger charge is 2.13. The van der Waals surface area contributed by atoms with Crippen LogP contribution in [0.15, 0.2) is 36.0 Å². The Balaban J connectivity index is 2.05. The molecule has 2 aromatic heterocycles. The van der Waals surface area contributed by atoms with Crippen molar-refractivity contribution in [1.29, 1.82) is 0 Å². The first kappa shape index (κ1) is 14.9. The van der Waals surface area contributed by atoms with Crippen LogP contribution in [-0.2, 0) is 6.42 Å². The number of thiophene rings is 1. The average molecular weight is 313 g/mol. The maximum Gasteiger partial charge on any atom is 0.138 e. The molecule has 5 heteroatoms. The Morgan fingerprint density at radius 2 is 2.00 bits per heavy atom. The summed E-state index contributed by atoms with van der Waals surface area (Å²) in [6.07, 6.45) is 2.18. The van der Waals surface area contributed by atoms with Gasteiger partial charge in [0, 0.05) is 17.5 Å². The van der Waals surface area contributed by atoms with Crippen LogP contribution < -0.4 is 5.32 Å². The molecule has 22 heavy (non-hydrogen) atoms. The molecular weight excluding hydrogens is 294 g/mol. The fraction of sp³-hybridized carbons (Fsp3) is 0.294. The highest BCUT2D eigenvalue weighted by atomic mass is 32.1. The van der Waals surface area contributed by atoms with Crippen LogP contribution >= 0.6 is 11.3 Å². The summed E-state index contributed by atoms with van der Waals surface area (Å²) >= 11 is 1.61. The van der Waals surface area contributed by atoms with Gasteiger partial charge in [0.25, 0.3) is 0 Å². The van der Waals surface area contributed by atoms with E-state index in [1.807, 2.05) is 0 Å². The van der Waals surface area contributed by atoms with Crippen LogP contribution in [0.3, 0.4) is 0 Å². The zero-order chi connectivity index (χ0) is 15.5. The van der Waals surface area contributed by atoms with E-state index in [-0.39, 0.29) is 0 Å². The Kier molecular flexibility index (Phi) is 4.36. The molecule has 4 nitrogen and oxygen atoms in total. The van der Waals surface area contributed by atoms with Crippen molar-refractivity contribution in [1.82, 2.24) is 9.97 Å². The molecule has 0 aliphatic carbocycles. The first-order chi connectivity index (χ1) is 10.7. The first-order valence-electron chi connectivity index (χ1n) is 7.42. The summed E-state index contributed by atoms with van der Waals surface area (Å²) in [7, 11) is 0. The van der Waals surface area contributed by atoms with Gasteiger partial charge < -0.3 is 10.4 Å². The molecule has 0 radical (unpaired) electrons. The van der Waals surface area contributed by atoms with Gasteiger partial charge in [-0.15, -0.1) is 11.3 Å². The van der Waals surface area contributed by atoms with Gasteiger partial charge in [0.1, 0.15) is 17.0 Å². The number of fused-ring (bicyclic) bond motifs is 1. The highest BCUT2D eigenvalue weighted by molar-refractivity contribution is 7.17. The third-order valence-corrected chi connectivity index (χ3v) is 4.49. The molecular formula is C17H19N3OS. The normalized spacial score (nSPS) is 12.5. The van der Waals surface area contributed by atoms with E-state index in [4.69, 9.17) is 0 Å². The number of aromatic nitrogens is 2. The second kappa shape index (κ2) is 6.42. The SMILES string of the molecule is CCc1ccc(-c2csc3ncnc(NCC(C)O)c23)cc1. The van der Waals surface area contributed by atoms with E-state index < -0.39 is 6.10 Å². The summed E-state index contributed by atoms with van der Waals surface area (Å²) in [5, 5.41) is 15.8. The van der Waals surface area contributed by atoms with Crippen molar-refractivity contribution in [3.8, 4) is 11.1 Å². The second-order valence-electron chi connectivity index (χ2n) is 5.33. The Morgan fingerprint density at radius 1 is 1.23 bits per heavy atom. The summed E-state index contributed by atoms with van der Waals surface area (Å²) < 4.78 is 0. The number of rotatable bonds is 5. The summed E-state index contributed by atoms with van der Waals surface area (Å²) in [6, 6.07) is 8.61. The van der Waals surface area contributed by atoms with Crippen LogP contribution in [-0.4, -0.2) is 27.7 Å². The molecule has 0 spiro atoms. The van der Waals surface area contributed by atoms with Gasteiger partial charge in [-0.1, -0.05) is 31.2 Å². The van der Waals surface area contributed by atoms with Gasteiger partial charge in [-0.2, -0.15) is 0 Å². The number of benzene rings is 1. The van der Waals surface area contributed by atoms with Crippen molar-refractivity contribution in [2.45, 2.75) is 26.4 Å². The number of anilines is 1. The van der Waals surface area contributed by atoms with Gasteiger partial charge in [-0.05, 0) is 24.5 Å². The van der Waals surface area contributed by atoms with E-state index >= 15 is 0 Å². The molecule has 0 bridgehead atoms. The molecule has 0 aliphatic heterocycles. The van der Waals surface area contributed by atoms with Gasteiger partial charge in [0.2, 0.25) is 0 Å². The van der Waals surface area contributed by atoms with E-state index in [9.17, 15) is 5.11 Å². The number of nitrogens with zero attached hydrogens (tertiary/aromatic N) is 2. The number of aliphatic hydroxyl groups is 1. The Bertz CT molecular complexity index is 765. The lowest BCUT2D eigenvalue weighted by Crippen LogP contribution is -2.16. The molecule has 0 saturated carbocycles. The minimum Gasteiger partial charge on any atom is -0.392 e. The Morgan fingerprint density at radius 3 is 2.68 bits per heavy atom. The van der Waals surface area contributed by atoms with Crippen molar-refractivity contribution in [3.05, 3.63) is 41.5 Å². The largest absolute Gasteiger partial charge is 0.392 e. The van der Waals surface area contributed by atoms with Crippen LogP contribution in [0.1, 0.15) is 19.4 Å². The van der Waals surface area contributed by atoms with Crippen molar-refractivity contribution < 1.29 is 5.11 Å². The Hall–Kier alpha value is -1.98. The molecule has 114 valence electrons. The minimum absolute atomic E-state index is 0.420. The quantitative estimate of drug-likeness (QED) is 0.754. The third-order valence-electron chi connectivity index (χ3n) is 3.61. The average Bonchev–Trinajstić information content (AvgIpc) is 2.97. The summed E-state index contributed by atoms with van der Waals surface area (Å²) in [5.41, 5.74) is 3.63. The topological polar surface area (TPSA) is 58.0 Å². The van der Waals surface area contributed by atoms with E-state index in [1.54, 1.807) is 24.6 Å². The van der Waals surface area contributed by atoms with Crippen molar-refractivity contribution >= 4 is 27.4 Å². The number of nitrogens with one attached hydrogen (secondary N) is 1. The van der Waals surface area contributed by atoms with Gasteiger partial charge in [0.15, 0.2) is 0 Å². The van der Waals surface area contributed by atoms with Gasteiger partial charge >= 0.3 is 0 Å². The van der Waals surface area contributed by atoms with E-state index in [2.05, 4.69) is 51.9 Å². The minimum atomic E-state index is -0.420. The standard InChI is InChI=1S/C17H19N3OS/c1-3-12-4-6-13(7-5-12)14-9-22-17-15(14)16(19-10-20-17)18-8-11(2)21/h4-7,9-11,21H,3,8H2,1-2H3,(H,18,19,20). The zero-order valence-electron chi connectivity index (χ0n) is 12.7. The lowest BCUT2D eigenvalue weighted by molar-refractivity contribution is 0.208. The summed E-state index contributed by atoms with van der Waals surface area (Å²) in [6.45, 7) is 4.38. The van der Waals surface area contributed by atoms with Gasteiger partial charge in [-0.3, -0.25) is 0 Å². The van der Waals surface area contributed by atoms with Crippen molar-refractivity contribution in [3.63, 3.8) is 0 Å². The molecule has 0 saturated heterocycles. The fourth-order valence-electron chi connectivity index (χ4n) is 2.39. The highest BCUT2D eigenvalue weighted by Crippen LogP contribution is 2.36. The molecule has 1 aromatic carbocycles. The monoisotopic (exact) mass is 313 g/mol. The summed E-state index contributed by atoms with van der Waals surface area (Å²) in [5.74, 6) is 0.779. The van der Waals surface area contributed by atoms with E-state index in [0.29, 0.717) is 6.54 Å². The maximum atomic E-state index is 9.48. The zero-order valence-corrected chi connectivity index (χ0v) is 13.5. The molecule has 1 unspecified atom stereocenters. The van der Waals surface area contributed by atoms with Crippen LogP contribution in [0.25, 0.3) is 21.3 Å². The number of hydrogen-bond donors (Lipinski definition) is 2. The van der Waals surface area contributed by atoms with Gasteiger partial charge in [-0.25, -0.2) is 9.97 Å². The van der Waals surface area contributed by atoms with E-state index in [0.717, 1.165) is 28.0 Å². The van der Waals surface area contributed by atoms with E-state index in [1.165, 1.54) is 11.1 Å². The molecule has 2 N–H and O–H groups in total. The molecule has 0 amide bonds. The van der Waals surface area contributed by atoms with Gasteiger partial charge in [0.05, 0.1) is 11.5 Å². The molecule has 0 aliphatic rings. The molecule has 3 aromatic rings. The second-order valence-corrected chi connectivity index (χ2v) is 6.19. The van der Waals surface area contributed by atoms with Crippen LogP contribution in [0, 0.1) is 0 Å².